The molecule has 126 valence electrons. The molecule has 4 amide bonds. The summed E-state index contributed by atoms with van der Waals surface area (Å²) in [7, 11) is 1.43. The summed E-state index contributed by atoms with van der Waals surface area (Å²) < 4.78 is 10.3. The Morgan fingerprint density at radius 3 is 2.64 bits per heavy atom. The van der Waals surface area contributed by atoms with Crippen LogP contribution in [0.2, 0.25) is 0 Å². The molecule has 0 saturated carbocycles. The first-order valence-corrected chi connectivity index (χ1v) is 7.36. The van der Waals surface area contributed by atoms with E-state index in [9.17, 15) is 14.4 Å². The Morgan fingerprint density at radius 2 is 1.92 bits per heavy atom. The summed E-state index contributed by atoms with van der Waals surface area (Å²) in [5.41, 5.74) is 0.0780. The number of furan rings is 1. The highest BCUT2D eigenvalue weighted by atomic mass is 16.5. The lowest BCUT2D eigenvalue weighted by atomic mass is 10.1. The van der Waals surface area contributed by atoms with Crippen molar-refractivity contribution in [2.24, 2.45) is 0 Å². The number of nitrogens with one attached hydrogen (secondary N) is 1. The normalized spacial score (nSPS) is 16.6. The highest BCUT2D eigenvalue weighted by Gasteiger charge is 2.37. The highest BCUT2D eigenvalue weighted by Crippen LogP contribution is 2.30. The van der Waals surface area contributed by atoms with Gasteiger partial charge < -0.3 is 9.15 Å². The van der Waals surface area contributed by atoms with Crippen molar-refractivity contribution in [1.29, 1.82) is 0 Å². The summed E-state index contributed by atoms with van der Waals surface area (Å²) in [5.74, 6) is -0.586. The lowest BCUT2D eigenvalue weighted by molar-refractivity contribution is -0.122. The van der Waals surface area contributed by atoms with Crippen molar-refractivity contribution in [3.8, 4) is 5.75 Å². The van der Waals surface area contributed by atoms with Crippen molar-refractivity contribution in [3.05, 3.63) is 66.1 Å². The predicted molar refractivity (Wildman–Crippen MR) is 89.8 cm³/mol. The zero-order valence-corrected chi connectivity index (χ0v) is 13.3. The number of rotatable bonds is 4. The summed E-state index contributed by atoms with van der Waals surface area (Å²) in [6.45, 7) is 0. The Kier molecular flexibility index (Phi) is 4.47. The number of allylic oxidation sites excluding steroid dienone is 2. The molecular formula is C18H14N2O5. The topological polar surface area (TPSA) is 88.8 Å². The van der Waals surface area contributed by atoms with Crippen molar-refractivity contribution in [2.75, 3.05) is 12.0 Å². The fourth-order valence-corrected chi connectivity index (χ4v) is 2.34. The van der Waals surface area contributed by atoms with Gasteiger partial charge in [-0.3, -0.25) is 14.9 Å². The molecule has 3 rings (SSSR count). The van der Waals surface area contributed by atoms with Crippen molar-refractivity contribution in [1.82, 2.24) is 5.32 Å². The standard InChI is InChI=1S/C18H14N2O5/c1-24-15-10-3-2-9-14(15)20-17(22)13(16(21)19-18(20)23)8-4-6-12-7-5-11-25-12/h2-11H,1H3,(H,19,21,23)/b6-4+,13-8-. The van der Waals surface area contributed by atoms with E-state index in [0.29, 0.717) is 11.5 Å². The van der Waals surface area contributed by atoms with Gasteiger partial charge in [-0.15, -0.1) is 0 Å². The third-order valence-electron chi connectivity index (χ3n) is 3.49. The van der Waals surface area contributed by atoms with Crippen LogP contribution >= 0.6 is 0 Å². The van der Waals surface area contributed by atoms with E-state index in [2.05, 4.69) is 5.32 Å². The maximum Gasteiger partial charge on any atom is 0.336 e. The Hall–Kier alpha value is -3.61. The van der Waals surface area contributed by atoms with Crippen LogP contribution in [-0.2, 0) is 9.59 Å². The molecule has 0 radical (unpaired) electrons. The zero-order valence-electron chi connectivity index (χ0n) is 13.3. The number of imide groups is 2. The van der Waals surface area contributed by atoms with Gasteiger partial charge in [0.1, 0.15) is 17.1 Å². The summed E-state index contributed by atoms with van der Waals surface area (Å²) in [6, 6.07) is 9.16. The van der Waals surface area contributed by atoms with Crippen LogP contribution in [0, 0.1) is 0 Å². The number of methoxy groups -OCH3 is 1. The minimum absolute atomic E-state index is 0.173. The summed E-state index contributed by atoms with van der Waals surface area (Å²) in [6.07, 6.45) is 5.93. The van der Waals surface area contributed by atoms with Gasteiger partial charge >= 0.3 is 6.03 Å². The van der Waals surface area contributed by atoms with Crippen molar-refractivity contribution >= 4 is 29.6 Å². The molecule has 1 fully saturated rings. The molecular weight excluding hydrogens is 324 g/mol. The third kappa shape index (κ3) is 3.20. The molecule has 2 aromatic rings. The van der Waals surface area contributed by atoms with Crippen LogP contribution in [0.3, 0.4) is 0 Å². The number of hydrogen-bond donors (Lipinski definition) is 1. The van der Waals surface area contributed by atoms with E-state index in [1.54, 1.807) is 42.5 Å². The highest BCUT2D eigenvalue weighted by molar-refractivity contribution is 6.38. The molecule has 0 spiro atoms. The minimum atomic E-state index is -0.827. The number of barbiturate groups is 1. The van der Waals surface area contributed by atoms with Gasteiger partial charge in [-0.05, 0) is 36.4 Å². The fraction of sp³-hybridized carbons (Fsp3) is 0.0556. The molecule has 0 aliphatic carbocycles. The van der Waals surface area contributed by atoms with Gasteiger partial charge in [0.25, 0.3) is 11.8 Å². The number of amides is 4. The van der Waals surface area contributed by atoms with Crippen molar-refractivity contribution in [2.45, 2.75) is 0 Å². The molecule has 0 bridgehead atoms. The number of urea groups is 1. The lowest BCUT2D eigenvalue weighted by Crippen LogP contribution is -2.54. The van der Waals surface area contributed by atoms with Gasteiger partial charge in [-0.1, -0.05) is 18.2 Å². The molecule has 1 aliphatic heterocycles. The number of benzene rings is 1. The maximum absolute atomic E-state index is 12.7. The zero-order chi connectivity index (χ0) is 17.8. The SMILES string of the molecule is COc1ccccc1N1C(=O)NC(=O)/C(=C/C=C/c2ccco2)C1=O. The Balaban J connectivity index is 1.94. The number of carbonyl (C=O) groups is 3. The molecule has 1 saturated heterocycles. The number of ether oxygens (including phenoxy) is 1. The molecule has 1 N–H and O–H groups in total. The molecule has 7 nitrogen and oxygen atoms in total. The van der Waals surface area contributed by atoms with Crippen LogP contribution in [0.25, 0.3) is 6.08 Å². The first kappa shape index (κ1) is 16.3. The second-order valence-electron chi connectivity index (χ2n) is 5.03. The molecule has 2 heterocycles. The van der Waals surface area contributed by atoms with Crippen LogP contribution in [0.5, 0.6) is 5.75 Å². The van der Waals surface area contributed by atoms with E-state index < -0.39 is 17.8 Å². The van der Waals surface area contributed by atoms with E-state index in [0.717, 1.165) is 4.90 Å². The smallest absolute Gasteiger partial charge is 0.336 e. The number of anilines is 1. The molecule has 0 unspecified atom stereocenters. The van der Waals surface area contributed by atoms with Crippen molar-refractivity contribution in [3.63, 3.8) is 0 Å². The maximum atomic E-state index is 12.7. The quantitative estimate of drug-likeness (QED) is 0.683. The molecule has 1 aromatic carbocycles. The van der Waals surface area contributed by atoms with Crippen LogP contribution < -0.4 is 15.0 Å². The summed E-state index contributed by atoms with van der Waals surface area (Å²) in [4.78, 5) is 37.7. The number of hydrogen-bond acceptors (Lipinski definition) is 5. The number of para-hydroxylation sites is 2. The molecule has 0 atom stereocenters. The third-order valence-corrected chi connectivity index (χ3v) is 3.49. The second-order valence-corrected chi connectivity index (χ2v) is 5.03. The molecule has 25 heavy (non-hydrogen) atoms. The Bertz CT molecular complexity index is 881. The average molecular weight is 338 g/mol. The van der Waals surface area contributed by atoms with Crippen LogP contribution in [0.4, 0.5) is 10.5 Å². The van der Waals surface area contributed by atoms with E-state index in [1.165, 1.54) is 25.5 Å². The lowest BCUT2D eigenvalue weighted by Gasteiger charge is -2.27. The van der Waals surface area contributed by atoms with E-state index in [1.807, 2.05) is 0 Å². The minimum Gasteiger partial charge on any atom is -0.495 e. The van der Waals surface area contributed by atoms with Crippen molar-refractivity contribution < 1.29 is 23.5 Å². The second kappa shape index (κ2) is 6.88. The van der Waals surface area contributed by atoms with Gasteiger partial charge in [0.05, 0.1) is 19.1 Å². The molecule has 1 aliphatic rings. The predicted octanol–water partition coefficient (Wildman–Crippen LogP) is 2.51. The van der Waals surface area contributed by atoms with Crippen LogP contribution in [0.15, 0.2) is 64.8 Å². The number of carbonyl (C=O) groups excluding carboxylic acids is 3. The average Bonchev–Trinajstić information content (AvgIpc) is 3.11. The molecule has 1 aromatic heterocycles. The monoisotopic (exact) mass is 338 g/mol. The fourth-order valence-electron chi connectivity index (χ4n) is 2.34. The molecule has 7 heteroatoms. The van der Waals surface area contributed by atoms with E-state index in [4.69, 9.17) is 9.15 Å². The van der Waals surface area contributed by atoms with Gasteiger partial charge in [0.15, 0.2) is 0 Å². The number of nitrogens with zero attached hydrogens (tertiary/aromatic N) is 1. The summed E-state index contributed by atoms with van der Waals surface area (Å²) in [5, 5.41) is 2.15. The Labute approximate surface area is 143 Å². The van der Waals surface area contributed by atoms with Gasteiger partial charge in [0.2, 0.25) is 0 Å². The Morgan fingerprint density at radius 1 is 1.12 bits per heavy atom. The summed E-state index contributed by atoms with van der Waals surface area (Å²) >= 11 is 0. The van der Waals surface area contributed by atoms with E-state index >= 15 is 0 Å². The van der Waals surface area contributed by atoms with Gasteiger partial charge in [-0.2, -0.15) is 0 Å². The van der Waals surface area contributed by atoms with Crippen LogP contribution in [-0.4, -0.2) is 25.0 Å². The van der Waals surface area contributed by atoms with E-state index in [-0.39, 0.29) is 11.3 Å². The van der Waals surface area contributed by atoms with Crippen LogP contribution in [0.1, 0.15) is 5.76 Å². The first-order valence-electron chi connectivity index (χ1n) is 7.36. The largest absolute Gasteiger partial charge is 0.495 e. The first-order chi connectivity index (χ1) is 12.1. The van der Waals surface area contributed by atoms with Gasteiger partial charge in [0, 0.05) is 0 Å². The van der Waals surface area contributed by atoms with Gasteiger partial charge in [-0.25, -0.2) is 9.69 Å².